The molecule has 2 heterocycles. The minimum absolute atomic E-state index is 0. The van der Waals surface area contributed by atoms with Gasteiger partial charge in [0.05, 0.1) is 12.2 Å². The van der Waals surface area contributed by atoms with E-state index < -0.39 is 0 Å². The van der Waals surface area contributed by atoms with Gasteiger partial charge in [-0.2, -0.15) is 0 Å². The third-order valence-electron chi connectivity index (χ3n) is 5.01. The number of halogens is 1. The third-order valence-corrected chi connectivity index (χ3v) is 5.01. The van der Waals surface area contributed by atoms with Crippen LogP contribution in [0, 0.1) is 0 Å². The van der Waals surface area contributed by atoms with Crippen molar-refractivity contribution in [1.82, 2.24) is 15.0 Å². The molecule has 1 amide bonds. The molecule has 0 radical (unpaired) electrons. The van der Waals surface area contributed by atoms with Crippen LogP contribution < -0.4 is 15.8 Å². The number of fused-ring (bicyclic) bond motifs is 1. The van der Waals surface area contributed by atoms with Gasteiger partial charge >= 0.3 is 0 Å². The summed E-state index contributed by atoms with van der Waals surface area (Å²) in [5.41, 5.74) is 8.14. The van der Waals surface area contributed by atoms with Gasteiger partial charge in [0.2, 0.25) is 0 Å². The lowest BCUT2D eigenvalue weighted by molar-refractivity contribution is 0.102. The molecular weight excluding hydrogens is 354 g/mol. The highest BCUT2D eigenvalue weighted by atomic mass is 35.5. The average molecular weight is 378 g/mol. The molecule has 1 fully saturated rings. The number of anilines is 1. The zero-order valence-corrected chi connectivity index (χ0v) is 15.5. The molecular formula is C18H24ClN5O2. The van der Waals surface area contributed by atoms with E-state index in [-0.39, 0.29) is 36.5 Å². The Kier molecular flexibility index (Phi) is 5.48. The Labute approximate surface area is 158 Å². The number of benzene rings is 1. The number of carbonyl (C=O) groups is 1. The molecule has 3 N–H and O–H groups in total. The molecule has 8 heteroatoms. The number of nitrogens with zero attached hydrogens (tertiary/aromatic N) is 3. The summed E-state index contributed by atoms with van der Waals surface area (Å²) in [4.78, 5) is 12.4. The first-order valence-corrected chi connectivity index (χ1v) is 8.87. The largest absolute Gasteiger partial charge is 0.490 e. The van der Waals surface area contributed by atoms with Crippen LogP contribution in [-0.2, 0) is 6.42 Å². The van der Waals surface area contributed by atoms with E-state index in [1.165, 1.54) is 0 Å². The lowest BCUT2D eigenvalue weighted by Crippen LogP contribution is -2.28. The van der Waals surface area contributed by atoms with Crippen molar-refractivity contribution in [2.45, 2.75) is 57.2 Å². The quantitative estimate of drug-likeness (QED) is 0.857. The van der Waals surface area contributed by atoms with Gasteiger partial charge in [0.1, 0.15) is 11.9 Å². The predicted molar refractivity (Wildman–Crippen MR) is 101 cm³/mol. The Morgan fingerprint density at radius 3 is 2.85 bits per heavy atom. The molecule has 1 aliphatic carbocycles. The molecule has 1 aromatic carbocycles. The van der Waals surface area contributed by atoms with E-state index in [9.17, 15) is 4.79 Å². The maximum Gasteiger partial charge on any atom is 0.277 e. The smallest absolute Gasteiger partial charge is 0.277 e. The standard InChI is InChI=1S/C18H23N5O2.ClH/c1-11-8-12-9-14(4-7-17(12)25-11)20-18(24)16-10-23(22-21-16)15-5-2-13(19)3-6-15;/h4,7,9-11,13,15H,2-3,5-6,8,19H2,1H3,(H,20,24);1H. The van der Waals surface area contributed by atoms with Crippen LogP contribution in [0.1, 0.15) is 54.7 Å². The highest BCUT2D eigenvalue weighted by Gasteiger charge is 2.23. The molecule has 0 spiro atoms. The molecule has 140 valence electrons. The average Bonchev–Trinajstić information content (AvgIpc) is 3.21. The minimum atomic E-state index is -0.245. The van der Waals surface area contributed by atoms with Crippen LogP contribution in [0.2, 0.25) is 0 Å². The van der Waals surface area contributed by atoms with Gasteiger partial charge in [0, 0.05) is 18.2 Å². The van der Waals surface area contributed by atoms with Crippen LogP contribution in [0.4, 0.5) is 5.69 Å². The first kappa shape index (κ1) is 18.7. The molecule has 4 rings (SSSR count). The van der Waals surface area contributed by atoms with Crippen LogP contribution in [0.25, 0.3) is 0 Å². The van der Waals surface area contributed by atoms with Crippen molar-refractivity contribution in [3.05, 3.63) is 35.7 Å². The van der Waals surface area contributed by atoms with Gasteiger partial charge in [0.15, 0.2) is 5.69 Å². The second-order valence-electron chi connectivity index (χ2n) is 7.06. The molecule has 0 saturated heterocycles. The summed E-state index contributed by atoms with van der Waals surface area (Å²) < 4.78 is 7.49. The lowest BCUT2D eigenvalue weighted by atomic mass is 9.92. The highest BCUT2D eigenvalue weighted by Crippen LogP contribution is 2.31. The zero-order chi connectivity index (χ0) is 17.4. The van der Waals surface area contributed by atoms with Gasteiger partial charge < -0.3 is 15.8 Å². The third kappa shape index (κ3) is 3.83. The maximum atomic E-state index is 12.4. The molecule has 2 aromatic rings. The highest BCUT2D eigenvalue weighted by molar-refractivity contribution is 6.02. The predicted octanol–water partition coefficient (Wildman–Crippen LogP) is 2.72. The molecule has 0 bridgehead atoms. The second-order valence-corrected chi connectivity index (χ2v) is 7.06. The summed E-state index contributed by atoms with van der Waals surface area (Å²) in [7, 11) is 0. The molecule has 7 nitrogen and oxygen atoms in total. The summed E-state index contributed by atoms with van der Waals surface area (Å²) >= 11 is 0. The van der Waals surface area contributed by atoms with Crippen molar-refractivity contribution in [1.29, 1.82) is 0 Å². The molecule has 1 aromatic heterocycles. The molecule has 1 unspecified atom stereocenters. The van der Waals surface area contributed by atoms with Gasteiger partial charge in [-0.1, -0.05) is 5.21 Å². The Balaban J connectivity index is 0.00000196. The summed E-state index contributed by atoms with van der Waals surface area (Å²) in [6, 6.07) is 6.28. The first-order chi connectivity index (χ1) is 12.1. The van der Waals surface area contributed by atoms with Crippen LogP contribution >= 0.6 is 12.4 Å². The summed E-state index contributed by atoms with van der Waals surface area (Å²) in [5.74, 6) is 0.651. The number of amides is 1. The van der Waals surface area contributed by atoms with Crippen molar-refractivity contribution in [3.63, 3.8) is 0 Å². The number of nitrogens with one attached hydrogen (secondary N) is 1. The van der Waals surface area contributed by atoms with Crippen LogP contribution in [0.15, 0.2) is 24.4 Å². The van der Waals surface area contributed by atoms with E-state index in [2.05, 4.69) is 15.6 Å². The molecule has 2 aliphatic rings. The van der Waals surface area contributed by atoms with E-state index in [1.807, 2.05) is 25.1 Å². The van der Waals surface area contributed by atoms with Gasteiger partial charge in [-0.25, -0.2) is 4.68 Å². The van der Waals surface area contributed by atoms with Crippen molar-refractivity contribution in [2.24, 2.45) is 5.73 Å². The number of carbonyl (C=O) groups excluding carboxylic acids is 1. The Bertz CT molecular complexity index is 786. The normalized spacial score (nSPS) is 24.3. The zero-order valence-electron chi connectivity index (χ0n) is 14.7. The first-order valence-electron chi connectivity index (χ1n) is 8.87. The molecule has 1 atom stereocenters. The maximum absolute atomic E-state index is 12.4. The number of ether oxygens (including phenoxy) is 1. The number of nitrogens with two attached hydrogens (primary N) is 1. The topological polar surface area (TPSA) is 95.1 Å². The van der Waals surface area contributed by atoms with Gasteiger partial charge in [-0.3, -0.25) is 4.79 Å². The monoisotopic (exact) mass is 377 g/mol. The Hall–Kier alpha value is -2.12. The van der Waals surface area contributed by atoms with Crippen molar-refractivity contribution >= 4 is 24.0 Å². The van der Waals surface area contributed by atoms with Gasteiger partial charge in [0.25, 0.3) is 5.91 Å². The SMILES string of the molecule is CC1Cc2cc(NC(=O)c3cn(C4CCC(N)CC4)nn3)ccc2O1.Cl. The van der Waals surface area contributed by atoms with Crippen molar-refractivity contribution < 1.29 is 9.53 Å². The van der Waals surface area contributed by atoms with E-state index >= 15 is 0 Å². The fourth-order valence-corrected chi connectivity index (χ4v) is 3.62. The molecule has 1 aliphatic heterocycles. The Morgan fingerprint density at radius 2 is 2.08 bits per heavy atom. The fourth-order valence-electron chi connectivity index (χ4n) is 3.62. The Morgan fingerprint density at radius 1 is 1.31 bits per heavy atom. The van der Waals surface area contributed by atoms with Crippen molar-refractivity contribution in [3.8, 4) is 5.75 Å². The van der Waals surface area contributed by atoms with Gasteiger partial charge in [-0.15, -0.1) is 17.5 Å². The number of aromatic nitrogens is 3. The molecule has 26 heavy (non-hydrogen) atoms. The van der Waals surface area contributed by atoms with E-state index in [0.29, 0.717) is 5.69 Å². The fraction of sp³-hybridized carbons (Fsp3) is 0.500. The van der Waals surface area contributed by atoms with E-state index in [4.69, 9.17) is 10.5 Å². The van der Waals surface area contributed by atoms with Crippen LogP contribution in [0.3, 0.4) is 0 Å². The minimum Gasteiger partial charge on any atom is -0.490 e. The van der Waals surface area contributed by atoms with E-state index in [0.717, 1.165) is 49.1 Å². The second kappa shape index (κ2) is 7.63. The van der Waals surface area contributed by atoms with E-state index in [1.54, 1.807) is 10.9 Å². The van der Waals surface area contributed by atoms with Crippen LogP contribution in [-0.4, -0.2) is 33.0 Å². The van der Waals surface area contributed by atoms with Crippen LogP contribution in [0.5, 0.6) is 5.75 Å². The number of hydrogen-bond acceptors (Lipinski definition) is 5. The number of rotatable bonds is 3. The van der Waals surface area contributed by atoms with Crippen molar-refractivity contribution in [2.75, 3.05) is 5.32 Å². The lowest BCUT2D eigenvalue weighted by Gasteiger charge is -2.25. The molecule has 1 saturated carbocycles. The summed E-state index contributed by atoms with van der Waals surface area (Å²) in [5, 5.41) is 11.1. The summed E-state index contributed by atoms with van der Waals surface area (Å²) in [6.45, 7) is 2.04. The number of hydrogen-bond donors (Lipinski definition) is 2. The van der Waals surface area contributed by atoms with Gasteiger partial charge in [-0.05, 0) is 56.4 Å². The summed E-state index contributed by atoms with van der Waals surface area (Å²) in [6.07, 6.45) is 6.71.